The molecule has 0 spiro atoms. The second-order valence-corrected chi connectivity index (χ2v) is 5.27. The van der Waals surface area contributed by atoms with Crippen molar-refractivity contribution in [2.45, 2.75) is 51.7 Å². The van der Waals surface area contributed by atoms with Crippen LogP contribution in [0.25, 0.3) is 0 Å². The van der Waals surface area contributed by atoms with E-state index in [2.05, 4.69) is 10.6 Å². The van der Waals surface area contributed by atoms with Gasteiger partial charge in [0.1, 0.15) is 0 Å². The third kappa shape index (κ3) is 6.42. The Bertz CT molecular complexity index is 301. The highest BCUT2D eigenvalue weighted by Crippen LogP contribution is 2.14. The molecule has 1 rings (SSSR count). The molecule has 3 N–H and O–H groups in total. The predicted molar refractivity (Wildman–Crippen MR) is 71.0 cm³/mol. The minimum atomic E-state index is -0.904. The molecule has 0 radical (unpaired) electrons. The van der Waals surface area contributed by atoms with Gasteiger partial charge in [-0.2, -0.15) is 0 Å². The van der Waals surface area contributed by atoms with Crippen LogP contribution >= 0.6 is 0 Å². The van der Waals surface area contributed by atoms with E-state index in [4.69, 9.17) is 9.84 Å². The number of carboxylic acid groups (broad SMARTS) is 1. The molecule has 110 valence electrons. The first-order chi connectivity index (χ1) is 8.99. The van der Waals surface area contributed by atoms with E-state index < -0.39 is 5.97 Å². The Kier molecular flexibility index (Phi) is 6.62. The number of amides is 2. The van der Waals surface area contributed by atoms with Gasteiger partial charge in [-0.25, -0.2) is 4.79 Å². The summed E-state index contributed by atoms with van der Waals surface area (Å²) in [5.74, 6) is -0.821. The van der Waals surface area contributed by atoms with Crippen molar-refractivity contribution in [2.24, 2.45) is 5.92 Å². The van der Waals surface area contributed by atoms with Gasteiger partial charge in [-0.1, -0.05) is 13.8 Å². The summed E-state index contributed by atoms with van der Waals surface area (Å²) in [5.41, 5.74) is 0. The lowest BCUT2D eigenvalue weighted by atomic mass is 10.0. The van der Waals surface area contributed by atoms with Crippen LogP contribution in [0.4, 0.5) is 4.79 Å². The van der Waals surface area contributed by atoms with E-state index in [1.807, 2.05) is 13.8 Å². The molecule has 2 amide bonds. The van der Waals surface area contributed by atoms with E-state index >= 15 is 0 Å². The van der Waals surface area contributed by atoms with E-state index in [1.165, 1.54) is 0 Å². The summed E-state index contributed by atoms with van der Waals surface area (Å²) in [6.45, 7) is 5.14. The van der Waals surface area contributed by atoms with Gasteiger partial charge >= 0.3 is 12.0 Å². The highest BCUT2D eigenvalue weighted by Gasteiger charge is 2.20. The Balaban J connectivity index is 2.21. The molecule has 2 unspecified atom stereocenters. The number of urea groups is 1. The van der Waals surface area contributed by atoms with Crippen LogP contribution in [0.5, 0.6) is 0 Å². The van der Waals surface area contributed by atoms with Gasteiger partial charge in [0.2, 0.25) is 0 Å². The fourth-order valence-corrected chi connectivity index (χ4v) is 2.08. The predicted octanol–water partition coefficient (Wildman–Crippen LogP) is 1.35. The normalized spacial score (nSPS) is 20.3. The van der Waals surface area contributed by atoms with Crippen molar-refractivity contribution in [3.05, 3.63) is 0 Å². The maximum Gasteiger partial charge on any atom is 0.315 e. The van der Waals surface area contributed by atoms with Gasteiger partial charge in [-0.15, -0.1) is 0 Å². The van der Waals surface area contributed by atoms with E-state index in [-0.39, 0.29) is 30.5 Å². The van der Waals surface area contributed by atoms with E-state index in [1.54, 1.807) is 0 Å². The summed E-state index contributed by atoms with van der Waals surface area (Å²) in [6, 6.07) is -0.654. The number of hydrogen-bond acceptors (Lipinski definition) is 3. The minimum Gasteiger partial charge on any atom is -0.481 e. The van der Waals surface area contributed by atoms with Gasteiger partial charge in [0.05, 0.1) is 12.5 Å². The molecule has 6 nitrogen and oxygen atoms in total. The molecule has 1 saturated heterocycles. The third-order valence-corrected chi connectivity index (χ3v) is 3.29. The first-order valence-electron chi connectivity index (χ1n) is 6.86. The summed E-state index contributed by atoms with van der Waals surface area (Å²) in [4.78, 5) is 22.4. The number of ether oxygens (including phenoxy) is 1. The molecule has 0 aliphatic carbocycles. The second kappa shape index (κ2) is 7.99. The largest absolute Gasteiger partial charge is 0.481 e. The van der Waals surface area contributed by atoms with Crippen LogP contribution in [-0.2, 0) is 9.53 Å². The summed E-state index contributed by atoms with van der Waals surface area (Å²) < 4.78 is 5.46. The zero-order chi connectivity index (χ0) is 14.3. The third-order valence-electron chi connectivity index (χ3n) is 3.29. The molecule has 0 saturated carbocycles. The molecule has 0 bridgehead atoms. The fourth-order valence-electron chi connectivity index (χ4n) is 2.08. The molecule has 1 aliphatic rings. The van der Waals surface area contributed by atoms with Gasteiger partial charge in [-0.3, -0.25) is 4.79 Å². The number of aliphatic carboxylic acids is 1. The highest BCUT2D eigenvalue weighted by atomic mass is 16.5. The molecular formula is C13H24N2O4. The molecule has 1 heterocycles. The number of carbonyl (C=O) groups excluding carboxylic acids is 1. The average Bonchev–Trinajstić information content (AvgIpc) is 2.80. The lowest BCUT2D eigenvalue weighted by molar-refractivity contribution is -0.137. The molecule has 19 heavy (non-hydrogen) atoms. The van der Waals surface area contributed by atoms with Gasteiger partial charge in [-0.05, 0) is 25.2 Å². The van der Waals surface area contributed by atoms with Gasteiger partial charge in [0.15, 0.2) is 0 Å². The summed E-state index contributed by atoms with van der Waals surface area (Å²) in [5, 5.41) is 14.2. The van der Waals surface area contributed by atoms with Gasteiger partial charge in [0, 0.05) is 19.2 Å². The van der Waals surface area contributed by atoms with E-state index in [0.717, 1.165) is 25.9 Å². The average molecular weight is 272 g/mol. The monoisotopic (exact) mass is 272 g/mol. The molecule has 6 heteroatoms. The highest BCUT2D eigenvalue weighted by molar-refractivity contribution is 5.75. The van der Waals surface area contributed by atoms with Crippen molar-refractivity contribution in [1.29, 1.82) is 0 Å². The standard InChI is InChI=1S/C13H24N2O4/c1-9(2)11(8-12(16)17)15-13(18)14-6-5-10-4-3-7-19-10/h9-11H,3-8H2,1-2H3,(H,16,17)(H2,14,15,18). The van der Waals surface area contributed by atoms with Gasteiger partial charge in [0.25, 0.3) is 0 Å². The van der Waals surface area contributed by atoms with Crippen molar-refractivity contribution >= 4 is 12.0 Å². The van der Waals surface area contributed by atoms with Crippen molar-refractivity contribution in [3.8, 4) is 0 Å². The number of carbonyl (C=O) groups is 2. The van der Waals surface area contributed by atoms with Crippen LogP contribution in [0.2, 0.25) is 0 Å². The molecule has 0 aromatic heterocycles. The summed E-state index contributed by atoms with van der Waals surface area (Å²) in [6.07, 6.45) is 3.14. The molecular weight excluding hydrogens is 248 g/mol. The van der Waals surface area contributed by atoms with Gasteiger partial charge < -0.3 is 20.5 Å². The molecule has 0 aromatic carbocycles. The Labute approximate surface area is 113 Å². The SMILES string of the molecule is CC(C)C(CC(=O)O)NC(=O)NCCC1CCCO1. The van der Waals surface area contributed by atoms with Crippen LogP contribution in [-0.4, -0.2) is 42.4 Å². The topological polar surface area (TPSA) is 87.7 Å². The van der Waals surface area contributed by atoms with Crippen molar-refractivity contribution in [1.82, 2.24) is 10.6 Å². The minimum absolute atomic E-state index is 0.0587. The van der Waals surface area contributed by atoms with Crippen molar-refractivity contribution in [2.75, 3.05) is 13.2 Å². The van der Waals surface area contributed by atoms with E-state index in [9.17, 15) is 9.59 Å². The quantitative estimate of drug-likeness (QED) is 0.653. The van der Waals surface area contributed by atoms with Crippen LogP contribution in [0, 0.1) is 5.92 Å². The first-order valence-corrected chi connectivity index (χ1v) is 6.86. The zero-order valence-electron chi connectivity index (χ0n) is 11.6. The maximum atomic E-state index is 11.7. The number of carboxylic acids is 1. The number of rotatable bonds is 7. The molecule has 1 aliphatic heterocycles. The van der Waals surface area contributed by atoms with Crippen LogP contribution in [0.1, 0.15) is 39.5 Å². The fraction of sp³-hybridized carbons (Fsp3) is 0.846. The van der Waals surface area contributed by atoms with Crippen LogP contribution in [0.15, 0.2) is 0 Å². The number of hydrogen-bond donors (Lipinski definition) is 3. The Hall–Kier alpha value is -1.30. The lowest BCUT2D eigenvalue weighted by Crippen LogP contribution is -2.46. The Morgan fingerprint density at radius 1 is 1.42 bits per heavy atom. The van der Waals surface area contributed by atoms with Crippen molar-refractivity contribution in [3.63, 3.8) is 0 Å². The summed E-state index contributed by atoms with van der Waals surface area (Å²) in [7, 11) is 0. The molecule has 1 fully saturated rings. The van der Waals surface area contributed by atoms with Crippen LogP contribution in [0.3, 0.4) is 0 Å². The zero-order valence-corrected chi connectivity index (χ0v) is 11.6. The Morgan fingerprint density at radius 2 is 2.16 bits per heavy atom. The molecule has 2 atom stereocenters. The van der Waals surface area contributed by atoms with Crippen molar-refractivity contribution < 1.29 is 19.4 Å². The first kappa shape index (κ1) is 15.8. The maximum absolute atomic E-state index is 11.7. The van der Waals surface area contributed by atoms with E-state index in [0.29, 0.717) is 6.54 Å². The number of nitrogens with one attached hydrogen (secondary N) is 2. The molecule has 0 aromatic rings. The lowest BCUT2D eigenvalue weighted by Gasteiger charge is -2.21. The smallest absolute Gasteiger partial charge is 0.315 e. The Morgan fingerprint density at radius 3 is 2.68 bits per heavy atom. The summed E-state index contributed by atoms with van der Waals surface area (Å²) >= 11 is 0. The second-order valence-electron chi connectivity index (χ2n) is 5.27. The van der Waals surface area contributed by atoms with Crippen LogP contribution < -0.4 is 10.6 Å².